The van der Waals surface area contributed by atoms with Crippen LogP contribution < -0.4 is 27.4 Å². The fraction of sp³-hybridized carbons (Fsp3) is 0.583. The highest BCUT2D eigenvalue weighted by Gasteiger charge is 2.32. The topological polar surface area (TPSA) is 217 Å². The largest absolute Gasteiger partial charge is 0.508 e. The van der Waals surface area contributed by atoms with Crippen molar-refractivity contribution >= 4 is 23.7 Å². The lowest BCUT2D eigenvalue weighted by molar-refractivity contribution is -0.142. The number of carboxylic acid groups (broad SMARTS) is 1. The zero-order chi connectivity index (χ0) is 27.4. The van der Waals surface area contributed by atoms with Crippen molar-refractivity contribution in [3.05, 3.63) is 29.8 Å². The van der Waals surface area contributed by atoms with E-state index in [9.17, 15) is 34.5 Å². The third-order valence-electron chi connectivity index (χ3n) is 5.64. The Hall–Kier alpha value is -3.22. The van der Waals surface area contributed by atoms with Crippen LogP contribution in [0.25, 0.3) is 0 Å². The Bertz CT molecular complexity index is 876. The highest BCUT2D eigenvalue weighted by atomic mass is 16.4. The molecule has 1 aromatic rings. The van der Waals surface area contributed by atoms with Gasteiger partial charge in [-0.25, -0.2) is 4.79 Å². The summed E-state index contributed by atoms with van der Waals surface area (Å²) in [4.78, 5) is 50.2. The average Bonchev–Trinajstić information content (AvgIpc) is 2.81. The van der Waals surface area contributed by atoms with Crippen LogP contribution in [0.2, 0.25) is 0 Å². The van der Waals surface area contributed by atoms with Crippen molar-refractivity contribution in [1.82, 2.24) is 16.0 Å². The standard InChI is InChI=1S/C24H39N5O7/c1-13(2)20(29-22(33)19(26)14(3)30)23(34)27-17(6-4-5-11-25)21(32)28-18(24(35)36)12-15-7-9-16(31)10-8-15/h7-10,13-14,17-20,30-31H,4-6,11-12,25-26H2,1-3H3,(H,27,34)(H,28,32)(H,29,33)(H,35,36). The number of phenols is 1. The summed E-state index contributed by atoms with van der Waals surface area (Å²) in [5.41, 5.74) is 11.8. The zero-order valence-electron chi connectivity index (χ0n) is 20.9. The van der Waals surface area contributed by atoms with E-state index in [1.807, 2.05) is 0 Å². The van der Waals surface area contributed by atoms with Crippen LogP contribution in [0.1, 0.15) is 45.6 Å². The first-order chi connectivity index (χ1) is 16.9. The lowest BCUT2D eigenvalue weighted by Gasteiger charge is -2.27. The molecule has 0 aliphatic rings. The van der Waals surface area contributed by atoms with Gasteiger partial charge in [-0.1, -0.05) is 26.0 Å². The fourth-order valence-corrected chi connectivity index (χ4v) is 3.37. The Morgan fingerprint density at radius 3 is 1.97 bits per heavy atom. The number of amides is 3. The first-order valence-corrected chi connectivity index (χ1v) is 11.9. The van der Waals surface area contributed by atoms with Crippen LogP contribution in [-0.4, -0.2) is 75.8 Å². The van der Waals surface area contributed by atoms with Gasteiger partial charge in [-0.3, -0.25) is 14.4 Å². The molecule has 202 valence electrons. The SMILES string of the molecule is CC(C)C(NC(=O)C(N)C(C)O)C(=O)NC(CCCCN)C(=O)NC(Cc1ccc(O)cc1)C(=O)O. The molecule has 0 spiro atoms. The van der Waals surface area contributed by atoms with Crippen molar-refractivity contribution in [1.29, 1.82) is 0 Å². The Morgan fingerprint density at radius 1 is 0.889 bits per heavy atom. The minimum atomic E-state index is -1.28. The molecule has 0 bridgehead atoms. The van der Waals surface area contributed by atoms with Crippen LogP contribution in [0.4, 0.5) is 0 Å². The van der Waals surface area contributed by atoms with Crippen molar-refractivity contribution in [2.24, 2.45) is 17.4 Å². The number of rotatable bonds is 15. The van der Waals surface area contributed by atoms with Crippen LogP contribution in [0.15, 0.2) is 24.3 Å². The van der Waals surface area contributed by atoms with Gasteiger partial charge in [0.15, 0.2) is 0 Å². The van der Waals surface area contributed by atoms with E-state index in [1.165, 1.54) is 19.1 Å². The maximum absolute atomic E-state index is 13.0. The van der Waals surface area contributed by atoms with E-state index >= 15 is 0 Å². The predicted octanol–water partition coefficient (Wildman–Crippen LogP) is -1.03. The summed E-state index contributed by atoms with van der Waals surface area (Å²) in [6.07, 6.45) is 0.121. The van der Waals surface area contributed by atoms with Crippen molar-refractivity contribution in [2.45, 2.75) is 76.7 Å². The van der Waals surface area contributed by atoms with E-state index in [0.29, 0.717) is 24.9 Å². The first kappa shape index (κ1) is 30.8. The summed E-state index contributed by atoms with van der Waals surface area (Å²) in [6.45, 7) is 5.12. The van der Waals surface area contributed by atoms with Gasteiger partial charge < -0.3 is 42.7 Å². The number of benzene rings is 1. The monoisotopic (exact) mass is 509 g/mol. The molecular weight excluding hydrogens is 470 g/mol. The number of nitrogens with two attached hydrogens (primary N) is 2. The number of aliphatic hydroxyl groups excluding tert-OH is 1. The van der Waals surface area contributed by atoms with Crippen LogP contribution in [0.3, 0.4) is 0 Å². The number of aliphatic hydroxyl groups is 1. The van der Waals surface area contributed by atoms with Gasteiger partial charge in [0.05, 0.1) is 6.10 Å². The molecule has 1 aromatic carbocycles. The number of hydrogen-bond acceptors (Lipinski definition) is 8. The molecule has 0 radical (unpaired) electrons. The molecule has 0 aromatic heterocycles. The number of carbonyl (C=O) groups excluding carboxylic acids is 3. The van der Waals surface area contributed by atoms with Gasteiger partial charge in [-0.05, 0) is 56.3 Å². The number of phenolic OH excluding ortho intramolecular Hbond substituents is 1. The molecule has 0 aliphatic carbocycles. The molecule has 0 heterocycles. The summed E-state index contributed by atoms with van der Waals surface area (Å²) in [7, 11) is 0. The van der Waals surface area contributed by atoms with Gasteiger partial charge in [-0.15, -0.1) is 0 Å². The molecule has 0 aliphatic heterocycles. The van der Waals surface area contributed by atoms with Crippen molar-refractivity contribution in [2.75, 3.05) is 6.54 Å². The molecule has 0 saturated carbocycles. The Morgan fingerprint density at radius 2 is 1.47 bits per heavy atom. The highest BCUT2D eigenvalue weighted by molar-refractivity contribution is 5.94. The maximum atomic E-state index is 13.0. The van der Waals surface area contributed by atoms with Crippen molar-refractivity contribution < 1.29 is 34.5 Å². The van der Waals surface area contributed by atoms with E-state index < -0.39 is 54.0 Å². The molecule has 10 N–H and O–H groups in total. The van der Waals surface area contributed by atoms with Crippen LogP contribution >= 0.6 is 0 Å². The Balaban J connectivity index is 3.00. The molecule has 0 saturated heterocycles. The molecule has 1 rings (SSSR count). The summed E-state index contributed by atoms with van der Waals surface area (Å²) in [5.74, 6) is -3.66. The molecule has 12 heteroatoms. The predicted molar refractivity (Wildman–Crippen MR) is 133 cm³/mol. The second kappa shape index (κ2) is 15.0. The highest BCUT2D eigenvalue weighted by Crippen LogP contribution is 2.12. The third-order valence-corrected chi connectivity index (χ3v) is 5.64. The lowest BCUT2D eigenvalue weighted by Crippen LogP contribution is -2.59. The number of carbonyl (C=O) groups is 4. The second-order valence-corrected chi connectivity index (χ2v) is 9.11. The van der Waals surface area contributed by atoms with E-state index in [2.05, 4.69) is 16.0 Å². The molecule has 5 atom stereocenters. The summed E-state index contributed by atoms with van der Waals surface area (Å²) in [5, 5.41) is 36.2. The molecular formula is C24H39N5O7. The fourth-order valence-electron chi connectivity index (χ4n) is 3.37. The zero-order valence-corrected chi connectivity index (χ0v) is 20.9. The number of nitrogens with one attached hydrogen (secondary N) is 3. The van der Waals surface area contributed by atoms with Gasteiger partial charge in [0, 0.05) is 6.42 Å². The molecule has 5 unspecified atom stereocenters. The first-order valence-electron chi connectivity index (χ1n) is 11.9. The number of aromatic hydroxyl groups is 1. The average molecular weight is 510 g/mol. The summed E-state index contributed by atoms with van der Waals surface area (Å²) in [6, 6.07) is 1.29. The Labute approximate surface area is 210 Å². The quantitative estimate of drug-likeness (QED) is 0.135. The van der Waals surface area contributed by atoms with Crippen LogP contribution in [0.5, 0.6) is 5.75 Å². The van der Waals surface area contributed by atoms with Gasteiger partial charge in [-0.2, -0.15) is 0 Å². The third kappa shape index (κ3) is 10.2. The molecule has 36 heavy (non-hydrogen) atoms. The van der Waals surface area contributed by atoms with Gasteiger partial charge in [0.2, 0.25) is 17.7 Å². The lowest BCUT2D eigenvalue weighted by atomic mass is 10.0. The number of hydrogen-bond donors (Lipinski definition) is 8. The van der Waals surface area contributed by atoms with Gasteiger partial charge in [0.1, 0.15) is 29.9 Å². The Kier molecular flexibility index (Phi) is 12.9. The van der Waals surface area contributed by atoms with E-state index in [-0.39, 0.29) is 24.5 Å². The number of aliphatic carboxylic acids is 1. The second-order valence-electron chi connectivity index (χ2n) is 9.11. The van der Waals surface area contributed by atoms with Crippen LogP contribution in [-0.2, 0) is 25.6 Å². The van der Waals surface area contributed by atoms with Crippen LogP contribution in [0, 0.1) is 5.92 Å². The number of unbranched alkanes of at least 4 members (excludes halogenated alkanes) is 1. The normalized spacial score (nSPS) is 15.3. The molecule has 0 fully saturated rings. The minimum Gasteiger partial charge on any atom is -0.508 e. The van der Waals surface area contributed by atoms with E-state index in [4.69, 9.17) is 11.5 Å². The van der Waals surface area contributed by atoms with Gasteiger partial charge in [0.25, 0.3) is 0 Å². The molecule has 3 amide bonds. The summed E-state index contributed by atoms with van der Waals surface area (Å²) >= 11 is 0. The minimum absolute atomic E-state index is 0.0264. The van der Waals surface area contributed by atoms with E-state index in [0.717, 1.165) is 0 Å². The maximum Gasteiger partial charge on any atom is 0.326 e. The van der Waals surface area contributed by atoms with Gasteiger partial charge >= 0.3 is 5.97 Å². The van der Waals surface area contributed by atoms with Crippen molar-refractivity contribution in [3.63, 3.8) is 0 Å². The smallest absolute Gasteiger partial charge is 0.326 e. The summed E-state index contributed by atoms with van der Waals surface area (Å²) < 4.78 is 0. The van der Waals surface area contributed by atoms with E-state index in [1.54, 1.807) is 26.0 Å². The number of carboxylic acids is 1. The molecule has 12 nitrogen and oxygen atoms in total. The van der Waals surface area contributed by atoms with Crippen molar-refractivity contribution in [3.8, 4) is 5.75 Å².